The second-order valence-electron chi connectivity index (χ2n) is 4.33. The van der Waals surface area contributed by atoms with Crippen molar-refractivity contribution in [1.82, 2.24) is 4.90 Å². The first-order chi connectivity index (χ1) is 8.10. The van der Waals surface area contributed by atoms with Gasteiger partial charge >= 0.3 is 0 Å². The summed E-state index contributed by atoms with van der Waals surface area (Å²) in [5, 5.41) is 8.55. The molecule has 6 nitrogen and oxygen atoms in total. The molecule has 6 heteroatoms. The van der Waals surface area contributed by atoms with Crippen molar-refractivity contribution in [2.24, 2.45) is 5.73 Å². The Morgan fingerprint density at radius 3 is 2.71 bits per heavy atom. The van der Waals surface area contributed by atoms with Gasteiger partial charge in [-0.3, -0.25) is 4.79 Å². The van der Waals surface area contributed by atoms with Gasteiger partial charge in [0.25, 0.3) is 0 Å². The predicted molar refractivity (Wildman–Crippen MR) is 62.5 cm³/mol. The second kappa shape index (κ2) is 6.90. The Bertz CT molecular complexity index is 242. The first-order valence-corrected chi connectivity index (χ1v) is 5.91. The lowest BCUT2D eigenvalue weighted by molar-refractivity contribution is -0.139. The van der Waals surface area contributed by atoms with E-state index in [1.54, 1.807) is 11.9 Å². The van der Waals surface area contributed by atoms with Gasteiger partial charge in [0, 0.05) is 26.8 Å². The zero-order valence-electron chi connectivity index (χ0n) is 10.4. The number of hydrogen-bond donors (Lipinski definition) is 2. The monoisotopic (exact) mass is 246 g/mol. The van der Waals surface area contributed by atoms with Crippen molar-refractivity contribution in [2.75, 3.05) is 46.6 Å². The number of carbonyl (C=O) groups excluding carboxylic acids is 1. The van der Waals surface area contributed by atoms with E-state index in [0.29, 0.717) is 45.8 Å². The Labute approximate surface area is 102 Å². The minimum Gasteiger partial charge on any atom is -0.394 e. The Balaban J connectivity index is 2.34. The van der Waals surface area contributed by atoms with E-state index in [1.165, 1.54) is 0 Å². The van der Waals surface area contributed by atoms with Crippen molar-refractivity contribution in [3.63, 3.8) is 0 Å². The number of nitrogens with zero attached hydrogens (tertiary/aromatic N) is 1. The molecule has 0 aromatic heterocycles. The highest BCUT2D eigenvalue weighted by Crippen LogP contribution is 2.19. The van der Waals surface area contributed by atoms with Crippen molar-refractivity contribution in [1.29, 1.82) is 0 Å². The molecule has 1 rings (SSSR count). The average Bonchev–Trinajstić information content (AvgIpc) is 2.34. The molecule has 1 aliphatic heterocycles. The molecule has 0 aliphatic carbocycles. The maximum absolute atomic E-state index is 12.1. The summed E-state index contributed by atoms with van der Waals surface area (Å²) < 4.78 is 10.3. The smallest absolute Gasteiger partial charge is 0.242 e. The molecule has 0 spiro atoms. The summed E-state index contributed by atoms with van der Waals surface area (Å²) in [7, 11) is 1.72. The molecular weight excluding hydrogens is 224 g/mol. The van der Waals surface area contributed by atoms with Crippen molar-refractivity contribution in [3.8, 4) is 0 Å². The van der Waals surface area contributed by atoms with Gasteiger partial charge in [-0.05, 0) is 12.8 Å². The van der Waals surface area contributed by atoms with Crippen molar-refractivity contribution >= 4 is 5.91 Å². The van der Waals surface area contributed by atoms with E-state index < -0.39 is 5.54 Å². The molecule has 1 saturated heterocycles. The van der Waals surface area contributed by atoms with Gasteiger partial charge in [0.1, 0.15) is 0 Å². The number of hydrogen-bond acceptors (Lipinski definition) is 5. The lowest BCUT2D eigenvalue weighted by Crippen LogP contribution is -2.57. The molecule has 1 heterocycles. The SMILES string of the molecule is CN(CCOCCO)C(=O)C1(N)CCOCC1. The van der Waals surface area contributed by atoms with Crippen LogP contribution < -0.4 is 5.73 Å². The molecule has 0 unspecified atom stereocenters. The quantitative estimate of drug-likeness (QED) is 0.585. The minimum atomic E-state index is -0.788. The number of aliphatic hydroxyl groups excluding tert-OH is 1. The minimum absolute atomic E-state index is 0.00414. The third-order valence-corrected chi connectivity index (χ3v) is 2.96. The van der Waals surface area contributed by atoms with Crippen LogP contribution in [-0.4, -0.2) is 68.1 Å². The normalized spacial score (nSPS) is 19.0. The molecular formula is C11H22N2O4. The first-order valence-electron chi connectivity index (χ1n) is 5.91. The summed E-state index contributed by atoms with van der Waals surface area (Å²) >= 11 is 0. The van der Waals surface area contributed by atoms with Gasteiger partial charge in [-0.2, -0.15) is 0 Å². The number of nitrogens with two attached hydrogens (primary N) is 1. The summed E-state index contributed by atoms with van der Waals surface area (Å²) in [5.74, 6) is -0.0617. The maximum Gasteiger partial charge on any atom is 0.242 e. The van der Waals surface area contributed by atoms with Crippen LogP contribution in [-0.2, 0) is 14.3 Å². The van der Waals surface area contributed by atoms with Crippen LogP contribution in [0.2, 0.25) is 0 Å². The molecule has 1 aliphatic rings. The largest absolute Gasteiger partial charge is 0.394 e. The zero-order valence-corrected chi connectivity index (χ0v) is 10.4. The van der Waals surface area contributed by atoms with E-state index in [4.69, 9.17) is 20.3 Å². The Morgan fingerprint density at radius 2 is 2.12 bits per heavy atom. The van der Waals surface area contributed by atoms with E-state index in [9.17, 15) is 4.79 Å². The van der Waals surface area contributed by atoms with Crippen LogP contribution in [0.5, 0.6) is 0 Å². The molecule has 100 valence electrons. The highest BCUT2D eigenvalue weighted by atomic mass is 16.5. The second-order valence-corrected chi connectivity index (χ2v) is 4.33. The van der Waals surface area contributed by atoms with Gasteiger partial charge in [0.2, 0.25) is 5.91 Å². The van der Waals surface area contributed by atoms with Crippen molar-refractivity contribution in [3.05, 3.63) is 0 Å². The molecule has 0 bridgehead atoms. The molecule has 1 fully saturated rings. The fourth-order valence-electron chi connectivity index (χ4n) is 1.80. The van der Waals surface area contributed by atoms with Gasteiger partial charge in [-0.25, -0.2) is 0 Å². The number of ether oxygens (including phenoxy) is 2. The fourth-order valence-corrected chi connectivity index (χ4v) is 1.80. The van der Waals surface area contributed by atoms with Gasteiger partial charge in [0.05, 0.1) is 25.4 Å². The highest BCUT2D eigenvalue weighted by Gasteiger charge is 2.37. The molecule has 0 radical (unpaired) electrons. The standard InChI is InChI=1S/C11H22N2O4/c1-13(4-8-17-9-5-14)10(15)11(12)2-6-16-7-3-11/h14H,2-9,12H2,1H3. The Kier molecular flexibility index (Phi) is 5.84. The number of carbonyl (C=O) groups is 1. The highest BCUT2D eigenvalue weighted by molar-refractivity contribution is 5.86. The summed E-state index contributed by atoms with van der Waals surface area (Å²) in [6, 6.07) is 0. The fraction of sp³-hybridized carbons (Fsp3) is 0.909. The van der Waals surface area contributed by atoms with E-state index in [1.807, 2.05) is 0 Å². The first kappa shape index (κ1) is 14.4. The van der Waals surface area contributed by atoms with Crippen LogP contribution in [0, 0.1) is 0 Å². The van der Waals surface area contributed by atoms with Crippen LogP contribution in [0.1, 0.15) is 12.8 Å². The van der Waals surface area contributed by atoms with Crippen molar-refractivity contribution < 1.29 is 19.4 Å². The van der Waals surface area contributed by atoms with Crippen LogP contribution in [0.15, 0.2) is 0 Å². The number of amides is 1. The lowest BCUT2D eigenvalue weighted by atomic mass is 9.90. The maximum atomic E-state index is 12.1. The van der Waals surface area contributed by atoms with Crippen LogP contribution in [0.25, 0.3) is 0 Å². The topological polar surface area (TPSA) is 85.0 Å². The van der Waals surface area contributed by atoms with Crippen molar-refractivity contribution in [2.45, 2.75) is 18.4 Å². The molecule has 0 aromatic carbocycles. The zero-order chi connectivity index (χ0) is 12.7. The summed E-state index contributed by atoms with van der Waals surface area (Å²) in [6.07, 6.45) is 1.13. The molecule has 3 N–H and O–H groups in total. The predicted octanol–water partition coefficient (Wildman–Crippen LogP) is -1.04. The molecule has 0 saturated carbocycles. The molecule has 0 atom stereocenters. The summed E-state index contributed by atoms with van der Waals surface area (Å²) in [6.45, 7) is 2.27. The van der Waals surface area contributed by atoms with Crippen LogP contribution in [0.3, 0.4) is 0 Å². The van der Waals surface area contributed by atoms with E-state index in [2.05, 4.69) is 0 Å². The third kappa shape index (κ3) is 4.23. The molecule has 0 aromatic rings. The van der Waals surface area contributed by atoms with E-state index >= 15 is 0 Å². The van der Waals surface area contributed by atoms with Gasteiger partial charge in [-0.15, -0.1) is 0 Å². The van der Waals surface area contributed by atoms with E-state index in [-0.39, 0.29) is 12.5 Å². The molecule has 1 amide bonds. The van der Waals surface area contributed by atoms with Crippen LogP contribution >= 0.6 is 0 Å². The van der Waals surface area contributed by atoms with Gasteiger partial charge in [-0.1, -0.05) is 0 Å². The van der Waals surface area contributed by atoms with Crippen LogP contribution in [0.4, 0.5) is 0 Å². The average molecular weight is 246 g/mol. The van der Waals surface area contributed by atoms with Gasteiger partial charge < -0.3 is 25.2 Å². The number of aliphatic hydroxyl groups is 1. The lowest BCUT2D eigenvalue weighted by Gasteiger charge is -2.35. The number of likely N-dealkylation sites (N-methyl/N-ethyl adjacent to an activating group) is 1. The third-order valence-electron chi connectivity index (χ3n) is 2.96. The van der Waals surface area contributed by atoms with Gasteiger partial charge in [0.15, 0.2) is 0 Å². The number of rotatable bonds is 6. The Morgan fingerprint density at radius 1 is 1.47 bits per heavy atom. The summed E-state index contributed by atoms with van der Waals surface area (Å²) in [4.78, 5) is 13.7. The Hall–Kier alpha value is -0.690. The summed E-state index contributed by atoms with van der Waals surface area (Å²) in [5.41, 5.74) is 5.29. The van der Waals surface area contributed by atoms with E-state index in [0.717, 1.165) is 0 Å². The molecule has 17 heavy (non-hydrogen) atoms.